The second kappa shape index (κ2) is 7.11. The average molecular weight is 299 g/mol. The van der Waals surface area contributed by atoms with E-state index in [4.69, 9.17) is 0 Å². The fourth-order valence-corrected chi connectivity index (χ4v) is 2.69. The number of hydrogen-bond donors (Lipinski definition) is 1. The molecule has 0 aromatic carbocycles. The molecular formula is C15H29N3O3. The number of nitrogens with zero attached hydrogens (tertiary/aromatic N) is 3. The van der Waals surface area contributed by atoms with E-state index in [0.717, 1.165) is 13.0 Å². The molecule has 0 aliphatic carbocycles. The van der Waals surface area contributed by atoms with Crippen molar-refractivity contribution in [1.82, 2.24) is 14.7 Å². The minimum absolute atomic E-state index is 0.145. The van der Waals surface area contributed by atoms with Gasteiger partial charge in [-0.3, -0.25) is 0 Å². The van der Waals surface area contributed by atoms with Gasteiger partial charge < -0.3 is 19.8 Å². The van der Waals surface area contributed by atoms with Gasteiger partial charge in [-0.2, -0.15) is 0 Å². The van der Waals surface area contributed by atoms with E-state index in [0.29, 0.717) is 32.0 Å². The Morgan fingerprint density at radius 2 is 1.90 bits per heavy atom. The molecule has 0 aromatic heterocycles. The number of hydrogen-bond acceptors (Lipinski definition) is 3. The summed E-state index contributed by atoms with van der Waals surface area (Å²) in [4.78, 5) is 29.7. The van der Waals surface area contributed by atoms with Crippen molar-refractivity contribution in [3.63, 3.8) is 0 Å². The predicted molar refractivity (Wildman–Crippen MR) is 82.3 cm³/mol. The van der Waals surface area contributed by atoms with Crippen LogP contribution < -0.4 is 0 Å². The average Bonchev–Trinajstić information content (AvgIpc) is 2.76. The SMILES string of the molecule is CC(C)CN(CCN(C)C)C(=O)N1CCCC1(C)C(=O)O. The van der Waals surface area contributed by atoms with Crippen LogP contribution in [0.5, 0.6) is 0 Å². The lowest BCUT2D eigenvalue weighted by Gasteiger charge is -2.36. The van der Waals surface area contributed by atoms with Crippen LogP contribution in [-0.4, -0.2) is 77.6 Å². The van der Waals surface area contributed by atoms with Crippen molar-refractivity contribution in [1.29, 1.82) is 0 Å². The summed E-state index contributed by atoms with van der Waals surface area (Å²) in [6, 6.07) is -0.145. The van der Waals surface area contributed by atoms with E-state index in [2.05, 4.69) is 13.8 Å². The molecule has 1 aliphatic rings. The van der Waals surface area contributed by atoms with Crippen molar-refractivity contribution in [2.45, 2.75) is 39.2 Å². The van der Waals surface area contributed by atoms with E-state index in [1.54, 1.807) is 11.8 Å². The number of carbonyl (C=O) groups excluding carboxylic acids is 1. The number of rotatable bonds is 6. The van der Waals surface area contributed by atoms with E-state index in [9.17, 15) is 14.7 Å². The first kappa shape index (κ1) is 17.8. The number of carbonyl (C=O) groups is 2. The summed E-state index contributed by atoms with van der Waals surface area (Å²) in [6.07, 6.45) is 1.27. The number of amides is 2. The van der Waals surface area contributed by atoms with Gasteiger partial charge in [-0.25, -0.2) is 9.59 Å². The molecule has 1 unspecified atom stereocenters. The predicted octanol–water partition coefficient (Wildman–Crippen LogP) is 1.57. The van der Waals surface area contributed by atoms with Crippen LogP contribution in [0.1, 0.15) is 33.6 Å². The Balaban J connectivity index is 2.85. The van der Waals surface area contributed by atoms with Crippen LogP contribution in [-0.2, 0) is 4.79 Å². The van der Waals surface area contributed by atoms with Crippen molar-refractivity contribution in [2.24, 2.45) is 5.92 Å². The molecule has 1 atom stereocenters. The highest BCUT2D eigenvalue weighted by Gasteiger charge is 2.47. The van der Waals surface area contributed by atoms with Crippen molar-refractivity contribution in [3.8, 4) is 0 Å². The maximum absolute atomic E-state index is 12.8. The maximum atomic E-state index is 12.8. The topological polar surface area (TPSA) is 64.1 Å². The molecule has 21 heavy (non-hydrogen) atoms. The summed E-state index contributed by atoms with van der Waals surface area (Å²) in [6.45, 7) is 8.36. The Morgan fingerprint density at radius 3 is 2.38 bits per heavy atom. The van der Waals surface area contributed by atoms with Crippen molar-refractivity contribution in [3.05, 3.63) is 0 Å². The Bertz CT molecular complexity index is 384. The molecule has 1 saturated heterocycles. The zero-order chi connectivity index (χ0) is 16.2. The third kappa shape index (κ3) is 4.33. The minimum atomic E-state index is -1.07. The Labute approximate surface area is 127 Å². The number of likely N-dealkylation sites (N-methyl/N-ethyl adjacent to an activating group) is 1. The van der Waals surface area contributed by atoms with Crippen molar-refractivity contribution < 1.29 is 14.7 Å². The van der Waals surface area contributed by atoms with E-state index in [-0.39, 0.29) is 6.03 Å². The molecule has 6 heteroatoms. The zero-order valence-corrected chi connectivity index (χ0v) is 13.9. The van der Waals surface area contributed by atoms with Gasteiger partial charge in [-0.1, -0.05) is 13.8 Å². The molecule has 1 N–H and O–H groups in total. The zero-order valence-electron chi connectivity index (χ0n) is 13.9. The minimum Gasteiger partial charge on any atom is -0.480 e. The van der Waals surface area contributed by atoms with E-state index in [1.807, 2.05) is 19.0 Å². The smallest absolute Gasteiger partial charge is 0.329 e. The number of urea groups is 1. The number of carboxylic acid groups (broad SMARTS) is 1. The lowest BCUT2D eigenvalue weighted by Crippen LogP contribution is -2.56. The highest BCUT2D eigenvalue weighted by Crippen LogP contribution is 2.30. The highest BCUT2D eigenvalue weighted by atomic mass is 16.4. The molecule has 6 nitrogen and oxygen atoms in total. The fourth-order valence-electron chi connectivity index (χ4n) is 2.69. The fraction of sp³-hybridized carbons (Fsp3) is 0.867. The second-order valence-electron chi connectivity index (χ2n) is 6.76. The van der Waals surface area contributed by atoms with Gasteiger partial charge in [0, 0.05) is 26.2 Å². The molecule has 1 aliphatic heterocycles. The summed E-state index contributed by atoms with van der Waals surface area (Å²) >= 11 is 0. The first-order valence-electron chi connectivity index (χ1n) is 7.63. The third-order valence-corrected chi connectivity index (χ3v) is 4.01. The lowest BCUT2D eigenvalue weighted by molar-refractivity contribution is -0.147. The van der Waals surface area contributed by atoms with Gasteiger partial charge in [0.1, 0.15) is 5.54 Å². The van der Waals surface area contributed by atoms with E-state index in [1.165, 1.54) is 4.90 Å². The largest absolute Gasteiger partial charge is 0.480 e. The summed E-state index contributed by atoms with van der Waals surface area (Å²) in [5.41, 5.74) is -1.07. The van der Waals surface area contributed by atoms with Crippen LogP contribution in [0.3, 0.4) is 0 Å². The van der Waals surface area contributed by atoms with Gasteiger partial charge in [0.25, 0.3) is 0 Å². The van der Waals surface area contributed by atoms with Gasteiger partial charge in [0.05, 0.1) is 0 Å². The van der Waals surface area contributed by atoms with Gasteiger partial charge in [-0.05, 0) is 39.8 Å². The van der Waals surface area contributed by atoms with Crippen LogP contribution in [0.2, 0.25) is 0 Å². The van der Waals surface area contributed by atoms with Crippen LogP contribution in [0.4, 0.5) is 4.79 Å². The lowest BCUT2D eigenvalue weighted by atomic mass is 9.99. The molecule has 1 heterocycles. The van der Waals surface area contributed by atoms with E-state index < -0.39 is 11.5 Å². The standard InChI is InChI=1S/C15H29N3O3/c1-12(2)11-17(10-9-16(4)5)14(21)18-8-6-7-15(18,3)13(19)20/h12H,6-11H2,1-5H3,(H,19,20). The van der Waals surface area contributed by atoms with Gasteiger partial charge in [0.15, 0.2) is 0 Å². The number of likely N-dealkylation sites (tertiary alicyclic amines) is 1. The molecule has 2 amide bonds. The van der Waals surface area contributed by atoms with Gasteiger partial charge in [-0.15, -0.1) is 0 Å². The van der Waals surface area contributed by atoms with Crippen LogP contribution in [0, 0.1) is 5.92 Å². The van der Waals surface area contributed by atoms with Crippen LogP contribution in [0.25, 0.3) is 0 Å². The Kier molecular flexibility index (Phi) is 6.01. The summed E-state index contributed by atoms with van der Waals surface area (Å²) in [5.74, 6) is -0.555. The van der Waals surface area contributed by atoms with Gasteiger partial charge >= 0.3 is 12.0 Å². The molecular weight excluding hydrogens is 270 g/mol. The molecule has 1 rings (SSSR count). The number of aliphatic carboxylic acids is 1. The highest BCUT2D eigenvalue weighted by molar-refractivity contribution is 5.86. The summed E-state index contributed by atoms with van der Waals surface area (Å²) < 4.78 is 0. The summed E-state index contributed by atoms with van der Waals surface area (Å²) in [7, 11) is 3.94. The quantitative estimate of drug-likeness (QED) is 0.808. The molecule has 0 saturated carbocycles. The molecule has 0 aromatic rings. The molecule has 0 radical (unpaired) electrons. The Hall–Kier alpha value is -1.30. The molecule has 1 fully saturated rings. The monoisotopic (exact) mass is 299 g/mol. The third-order valence-electron chi connectivity index (χ3n) is 4.01. The van der Waals surface area contributed by atoms with Crippen LogP contribution in [0.15, 0.2) is 0 Å². The van der Waals surface area contributed by atoms with Crippen molar-refractivity contribution in [2.75, 3.05) is 40.3 Å². The Morgan fingerprint density at radius 1 is 1.29 bits per heavy atom. The number of carboxylic acids is 1. The van der Waals surface area contributed by atoms with Crippen LogP contribution >= 0.6 is 0 Å². The van der Waals surface area contributed by atoms with E-state index >= 15 is 0 Å². The second-order valence-corrected chi connectivity index (χ2v) is 6.76. The normalized spacial score (nSPS) is 22.1. The van der Waals surface area contributed by atoms with Crippen molar-refractivity contribution >= 4 is 12.0 Å². The first-order chi connectivity index (χ1) is 9.68. The molecule has 122 valence electrons. The summed E-state index contributed by atoms with van der Waals surface area (Å²) in [5, 5.41) is 9.45. The van der Waals surface area contributed by atoms with Gasteiger partial charge in [0.2, 0.25) is 0 Å². The molecule has 0 bridgehead atoms. The first-order valence-corrected chi connectivity index (χ1v) is 7.63. The maximum Gasteiger partial charge on any atom is 0.329 e. The molecule has 0 spiro atoms.